The highest BCUT2D eigenvalue weighted by Gasteiger charge is 2.13. The Morgan fingerprint density at radius 2 is 2.18 bits per heavy atom. The van der Waals surface area contributed by atoms with Crippen LogP contribution in [0.25, 0.3) is 0 Å². The number of hydrogen-bond acceptors (Lipinski definition) is 3. The molecule has 4 nitrogen and oxygen atoms in total. The first-order valence-corrected chi connectivity index (χ1v) is 5.69. The predicted octanol–water partition coefficient (Wildman–Crippen LogP) is 1.90. The highest BCUT2D eigenvalue weighted by atomic mass is 16.5. The van der Waals surface area contributed by atoms with Crippen LogP contribution in [-0.2, 0) is 4.79 Å². The molecule has 1 aliphatic rings. The number of allylic oxidation sites excluding steroid dienone is 1. The number of ether oxygens (including phenoxy) is 1. The van der Waals surface area contributed by atoms with Crippen LogP contribution in [0.1, 0.15) is 12.8 Å². The van der Waals surface area contributed by atoms with E-state index in [2.05, 4.69) is 10.6 Å². The third-order valence-corrected chi connectivity index (χ3v) is 2.64. The fourth-order valence-electron chi connectivity index (χ4n) is 1.74. The van der Waals surface area contributed by atoms with Gasteiger partial charge in [-0.1, -0.05) is 18.2 Å². The molecule has 1 amide bonds. The summed E-state index contributed by atoms with van der Waals surface area (Å²) in [5.74, 6) is 0.666. The normalized spacial score (nSPS) is 15.6. The third kappa shape index (κ3) is 2.78. The van der Waals surface area contributed by atoms with Gasteiger partial charge in [-0.3, -0.25) is 4.79 Å². The smallest absolute Gasteiger partial charge is 0.267 e. The second-order valence-corrected chi connectivity index (χ2v) is 3.84. The van der Waals surface area contributed by atoms with E-state index >= 15 is 0 Å². The monoisotopic (exact) mass is 232 g/mol. The first-order chi connectivity index (χ1) is 8.31. The second-order valence-electron chi connectivity index (χ2n) is 3.84. The number of carbonyl (C=O) groups is 1. The molecule has 0 radical (unpaired) electrons. The van der Waals surface area contributed by atoms with Crippen LogP contribution >= 0.6 is 0 Å². The van der Waals surface area contributed by atoms with Crippen LogP contribution in [0.5, 0.6) is 5.75 Å². The van der Waals surface area contributed by atoms with Gasteiger partial charge in [-0.2, -0.15) is 0 Å². The molecular weight excluding hydrogens is 216 g/mol. The summed E-state index contributed by atoms with van der Waals surface area (Å²) in [5.41, 5.74) is 1.39. The highest BCUT2D eigenvalue weighted by Crippen LogP contribution is 2.24. The molecule has 2 rings (SSSR count). The predicted molar refractivity (Wildman–Crippen MR) is 66.9 cm³/mol. The molecule has 90 valence electrons. The van der Waals surface area contributed by atoms with E-state index in [-0.39, 0.29) is 5.91 Å². The van der Waals surface area contributed by atoms with E-state index in [0.29, 0.717) is 5.70 Å². The lowest BCUT2D eigenvalue weighted by Crippen LogP contribution is -2.27. The molecule has 0 aliphatic carbocycles. The number of methoxy groups -OCH3 is 1. The van der Waals surface area contributed by atoms with Crippen LogP contribution in [0.15, 0.2) is 36.0 Å². The molecule has 1 aromatic carbocycles. The Hall–Kier alpha value is -1.97. The molecule has 0 saturated heterocycles. The lowest BCUT2D eigenvalue weighted by Gasteiger charge is -2.12. The summed E-state index contributed by atoms with van der Waals surface area (Å²) < 4.78 is 5.23. The molecule has 1 aromatic rings. The van der Waals surface area contributed by atoms with Crippen molar-refractivity contribution in [1.82, 2.24) is 5.32 Å². The van der Waals surface area contributed by atoms with Gasteiger partial charge in [0.25, 0.3) is 5.91 Å². The fourth-order valence-corrected chi connectivity index (χ4v) is 1.74. The minimum absolute atomic E-state index is 0.0617. The summed E-state index contributed by atoms with van der Waals surface area (Å²) >= 11 is 0. The topological polar surface area (TPSA) is 50.4 Å². The zero-order valence-electron chi connectivity index (χ0n) is 9.82. The van der Waals surface area contributed by atoms with Crippen LogP contribution in [0.3, 0.4) is 0 Å². The maximum absolute atomic E-state index is 11.7. The van der Waals surface area contributed by atoms with Crippen molar-refractivity contribution < 1.29 is 9.53 Å². The Kier molecular flexibility index (Phi) is 3.65. The molecule has 0 unspecified atom stereocenters. The van der Waals surface area contributed by atoms with Crippen LogP contribution in [0.2, 0.25) is 0 Å². The lowest BCUT2D eigenvalue weighted by atomic mass is 10.2. The third-order valence-electron chi connectivity index (χ3n) is 2.64. The molecule has 0 fully saturated rings. The minimum atomic E-state index is -0.0617. The molecule has 0 spiro atoms. The Morgan fingerprint density at radius 3 is 3.00 bits per heavy atom. The Labute approximate surface area is 101 Å². The molecule has 0 bridgehead atoms. The van der Waals surface area contributed by atoms with Gasteiger partial charge in [-0.15, -0.1) is 0 Å². The summed E-state index contributed by atoms with van der Waals surface area (Å²) in [6.07, 6.45) is 3.80. The van der Waals surface area contributed by atoms with Gasteiger partial charge in [0.2, 0.25) is 0 Å². The van der Waals surface area contributed by atoms with Gasteiger partial charge < -0.3 is 15.4 Å². The van der Waals surface area contributed by atoms with E-state index in [1.165, 1.54) is 0 Å². The van der Waals surface area contributed by atoms with Crippen LogP contribution in [-0.4, -0.2) is 19.6 Å². The van der Waals surface area contributed by atoms with Crippen LogP contribution in [0.4, 0.5) is 5.69 Å². The summed E-state index contributed by atoms with van der Waals surface area (Å²) in [6.45, 7) is 0.729. The molecule has 17 heavy (non-hydrogen) atoms. The van der Waals surface area contributed by atoms with Crippen molar-refractivity contribution in [3.63, 3.8) is 0 Å². The number of carbonyl (C=O) groups excluding carboxylic acids is 1. The summed E-state index contributed by atoms with van der Waals surface area (Å²) in [7, 11) is 1.61. The molecule has 0 atom stereocenters. The lowest BCUT2D eigenvalue weighted by molar-refractivity contribution is -0.117. The molecule has 2 N–H and O–H groups in total. The average Bonchev–Trinajstić information content (AvgIpc) is 2.56. The van der Waals surface area contributed by atoms with Gasteiger partial charge in [-0.25, -0.2) is 0 Å². The maximum Gasteiger partial charge on any atom is 0.267 e. The average molecular weight is 232 g/mol. The summed E-state index contributed by atoms with van der Waals surface area (Å²) in [6, 6.07) is 7.54. The van der Waals surface area contributed by atoms with Gasteiger partial charge in [0.15, 0.2) is 0 Å². The molecule has 0 saturated carbocycles. The second kappa shape index (κ2) is 5.39. The molecule has 1 aliphatic heterocycles. The number of anilines is 1. The van der Waals surface area contributed by atoms with Crippen molar-refractivity contribution in [3.05, 3.63) is 36.0 Å². The van der Waals surface area contributed by atoms with E-state index in [1.807, 2.05) is 30.3 Å². The van der Waals surface area contributed by atoms with Gasteiger partial charge in [0.1, 0.15) is 11.4 Å². The maximum atomic E-state index is 11.7. The molecular formula is C13H16N2O2. The number of nitrogens with one attached hydrogen (secondary N) is 2. The number of benzene rings is 1. The Balaban J connectivity index is 2.19. The van der Waals surface area contributed by atoms with E-state index in [0.717, 1.165) is 30.8 Å². The van der Waals surface area contributed by atoms with E-state index in [4.69, 9.17) is 4.74 Å². The molecule has 1 heterocycles. The Morgan fingerprint density at radius 1 is 1.35 bits per heavy atom. The van der Waals surface area contributed by atoms with Crippen molar-refractivity contribution in [2.45, 2.75) is 12.8 Å². The van der Waals surface area contributed by atoms with Gasteiger partial charge in [0, 0.05) is 6.54 Å². The van der Waals surface area contributed by atoms with Crippen molar-refractivity contribution in [2.24, 2.45) is 0 Å². The SMILES string of the molecule is COc1ccccc1NC1=CCCCNC1=O. The number of rotatable bonds is 3. The fraction of sp³-hybridized carbons (Fsp3) is 0.308. The highest BCUT2D eigenvalue weighted by molar-refractivity contribution is 5.96. The van der Waals surface area contributed by atoms with Gasteiger partial charge in [0.05, 0.1) is 12.8 Å². The number of para-hydroxylation sites is 2. The Bertz CT molecular complexity index is 441. The quantitative estimate of drug-likeness (QED) is 0.836. The standard InChI is InChI=1S/C13H16N2O2/c1-17-12-8-3-2-6-10(12)15-11-7-4-5-9-14-13(11)16/h2-3,6-8,15H,4-5,9H2,1H3,(H,14,16). The minimum Gasteiger partial charge on any atom is -0.495 e. The van der Waals surface area contributed by atoms with Crippen LogP contribution < -0.4 is 15.4 Å². The summed E-state index contributed by atoms with van der Waals surface area (Å²) in [4.78, 5) is 11.7. The molecule has 0 aromatic heterocycles. The number of amides is 1. The largest absolute Gasteiger partial charge is 0.495 e. The van der Waals surface area contributed by atoms with Crippen molar-refractivity contribution >= 4 is 11.6 Å². The first kappa shape index (κ1) is 11.5. The van der Waals surface area contributed by atoms with E-state index in [9.17, 15) is 4.79 Å². The van der Waals surface area contributed by atoms with E-state index < -0.39 is 0 Å². The van der Waals surface area contributed by atoms with Crippen molar-refractivity contribution in [1.29, 1.82) is 0 Å². The van der Waals surface area contributed by atoms with Gasteiger partial charge in [-0.05, 0) is 25.0 Å². The zero-order valence-corrected chi connectivity index (χ0v) is 9.82. The van der Waals surface area contributed by atoms with Crippen molar-refractivity contribution in [2.75, 3.05) is 19.0 Å². The zero-order chi connectivity index (χ0) is 12.1. The van der Waals surface area contributed by atoms with Crippen LogP contribution in [0, 0.1) is 0 Å². The first-order valence-electron chi connectivity index (χ1n) is 5.69. The summed E-state index contributed by atoms with van der Waals surface area (Å²) in [5, 5.41) is 5.96. The van der Waals surface area contributed by atoms with Crippen molar-refractivity contribution in [3.8, 4) is 5.75 Å². The molecule has 4 heteroatoms. The van der Waals surface area contributed by atoms with E-state index in [1.54, 1.807) is 7.11 Å². The van der Waals surface area contributed by atoms with Gasteiger partial charge >= 0.3 is 0 Å². The number of hydrogen-bond donors (Lipinski definition) is 2.